The third kappa shape index (κ3) is 3.98. The fourth-order valence-electron chi connectivity index (χ4n) is 2.78. The maximum atomic E-state index is 3.82. The first-order chi connectivity index (χ1) is 9.24. The molecule has 1 aliphatic heterocycles. The van der Waals surface area contributed by atoms with Crippen LogP contribution in [0, 0.1) is 0 Å². The zero-order valence-electron chi connectivity index (χ0n) is 12.4. The van der Waals surface area contributed by atoms with Gasteiger partial charge in [-0.2, -0.15) is 0 Å². The molecule has 1 aromatic carbocycles. The third-order valence-electron chi connectivity index (χ3n) is 3.87. The Morgan fingerprint density at radius 2 is 2.05 bits per heavy atom. The Labute approximate surface area is 122 Å². The molecule has 2 atom stereocenters. The van der Waals surface area contributed by atoms with Crippen LogP contribution in [0.2, 0.25) is 0 Å². The van der Waals surface area contributed by atoms with Crippen molar-refractivity contribution in [3.8, 4) is 0 Å². The molecule has 0 saturated heterocycles. The number of benzene rings is 1. The smallest absolute Gasteiger partial charge is 0.0342 e. The first-order valence-corrected chi connectivity index (χ1v) is 8.43. The van der Waals surface area contributed by atoms with E-state index in [9.17, 15) is 0 Å². The zero-order valence-corrected chi connectivity index (χ0v) is 13.2. The number of hydrogen-bond acceptors (Lipinski definition) is 3. The lowest BCUT2D eigenvalue weighted by Gasteiger charge is -2.31. The van der Waals surface area contributed by atoms with Gasteiger partial charge in [-0.3, -0.25) is 0 Å². The van der Waals surface area contributed by atoms with Crippen LogP contribution in [-0.2, 0) is 0 Å². The van der Waals surface area contributed by atoms with E-state index in [4.69, 9.17) is 0 Å². The van der Waals surface area contributed by atoms with Crippen LogP contribution >= 0.6 is 11.8 Å². The van der Waals surface area contributed by atoms with Gasteiger partial charge in [0, 0.05) is 23.5 Å². The summed E-state index contributed by atoms with van der Waals surface area (Å²) in [5, 5.41) is 3.82. The Hall–Kier alpha value is -0.510. The standard InChI is InChI=1S/C16H26N2S/c1-4-18(5-2)12-13(3)17-15-10-11-19-16-9-7-6-8-14(15)16/h6-9,13,15,17H,4-5,10-12H2,1-3H3. The van der Waals surface area contributed by atoms with Crippen molar-refractivity contribution in [1.29, 1.82) is 0 Å². The average molecular weight is 278 g/mol. The van der Waals surface area contributed by atoms with Crippen molar-refractivity contribution in [1.82, 2.24) is 10.2 Å². The van der Waals surface area contributed by atoms with Crippen molar-refractivity contribution in [3.05, 3.63) is 29.8 Å². The van der Waals surface area contributed by atoms with E-state index in [1.807, 2.05) is 11.8 Å². The molecule has 0 amide bonds. The predicted octanol–water partition coefficient (Wildman–Crippen LogP) is 3.54. The first kappa shape index (κ1) is 14.9. The summed E-state index contributed by atoms with van der Waals surface area (Å²) in [6, 6.07) is 9.91. The summed E-state index contributed by atoms with van der Waals surface area (Å²) in [6.07, 6.45) is 1.24. The second-order valence-corrected chi connectivity index (χ2v) is 6.42. The Morgan fingerprint density at radius 1 is 1.32 bits per heavy atom. The van der Waals surface area contributed by atoms with Gasteiger partial charge in [-0.25, -0.2) is 0 Å². The van der Waals surface area contributed by atoms with Crippen LogP contribution in [-0.4, -0.2) is 36.3 Å². The molecule has 0 spiro atoms. The first-order valence-electron chi connectivity index (χ1n) is 7.44. The van der Waals surface area contributed by atoms with E-state index < -0.39 is 0 Å². The Kier molecular flexibility index (Phi) is 5.74. The lowest BCUT2D eigenvalue weighted by atomic mass is 10.0. The highest BCUT2D eigenvalue weighted by Gasteiger charge is 2.21. The fraction of sp³-hybridized carbons (Fsp3) is 0.625. The summed E-state index contributed by atoms with van der Waals surface area (Å²) >= 11 is 1.99. The number of thioether (sulfide) groups is 1. The largest absolute Gasteiger partial charge is 0.306 e. The number of nitrogens with one attached hydrogen (secondary N) is 1. The van der Waals surface area contributed by atoms with Crippen LogP contribution < -0.4 is 5.32 Å². The lowest BCUT2D eigenvalue weighted by molar-refractivity contribution is 0.260. The van der Waals surface area contributed by atoms with Gasteiger partial charge in [0.1, 0.15) is 0 Å². The van der Waals surface area contributed by atoms with E-state index in [0.29, 0.717) is 12.1 Å². The van der Waals surface area contributed by atoms with Gasteiger partial charge >= 0.3 is 0 Å². The molecule has 2 rings (SSSR count). The van der Waals surface area contributed by atoms with Crippen molar-refractivity contribution >= 4 is 11.8 Å². The van der Waals surface area contributed by atoms with Crippen LogP contribution in [0.15, 0.2) is 29.2 Å². The number of nitrogens with zero attached hydrogens (tertiary/aromatic N) is 1. The summed E-state index contributed by atoms with van der Waals surface area (Å²) in [4.78, 5) is 3.95. The summed E-state index contributed by atoms with van der Waals surface area (Å²) in [6.45, 7) is 10.2. The summed E-state index contributed by atoms with van der Waals surface area (Å²) in [5.41, 5.74) is 1.49. The molecular weight excluding hydrogens is 252 g/mol. The molecule has 0 bridgehead atoms. The van der Waals surface area contributed by atoms with E-state index in [-0.39, 0.29) is 0 Å². The van der Waals surface area contributed by atoms with E-state index in [2.05, 4.69) is 55.3 Å². The molecule has 0 fully saturated rings. The van der Waals surface area contributed by atoms with Gasteiger partial charge in [0.05, 0.1) is 0 Å². The van der Waals surface area contributed by atoms with Crippen molar-refractivity contribution in [2.24, 2.45) is 0 Å². The summed E-state index contributed by atoms with van der Waals surface area (Å²) in [5.74, 6) is 1.23. The molecule has 106 valence electrons. The van der Waals surface area contributed by atoms with Gasteiger partial charge in [-0.1, -0.05) is 32.0 Å². The van der Waals surface area contributed by atoms with Gasteiger partial charge < -0.3 is 10.2 Å². The number of fused-ring (bicyclic) bond motifs is 1. The SMILES string of the molecule is CCN(CC)CC(C)NC1CCSc2ccccc21. The minimum absolute atomic E-state index is 0.531. The fourth-order valence-corrected chi connectivity index (χ4v) is 3.91. The minimum atomic E-state index is 0.531. The van der Waals surface area contributed by atoms with E-state index in [1.54, 1.807) is 0 Å². The maximum absolute atomic E-state index is 3.82. The van der Waals surface area contributed by atoms with Crippen molar-refractivity contribution in [2.75, 3.05) is 25.4 Å². The van der Waals surface area contributed by atoms with Crippen LogP contribution in [0.5, 0.6) is 0 Å². The van der Waals surface area contributed by atoms with E-state index in [0.717, 1.165) is 19.6 Å². The molecular formula is C16H26N2S. The monoisotopic (exact) mass is 278 g/mol. The Bertz CT molecular complexity index is 390. The second-order valence-electron chi connectivity index (χ2n) is 5.28. The highest BCUT2D eigenvalue weighted by molar-refractivity contribution is 7.99. The van der Waals surface area contributed by atoms with Crippen LogP contribution in [0.4, 0.5) is 0 Å². The molecule has 1 aliphatic rings. The van der Waals surface area contributed by atoms with Crippen molar-refractivity contribution in [3.63, 3.8) is 0 Å². The molecule has 1 aromatic rings. The van der Waals surface area contributed by atoms with Gasteiger partial charge in [-0.05, 0) is 43.8 Å². The third-order valence-corrected chi connectivity index (χ3v) is 4.99. The topological polar surface area (TPSA) is 15.3 Å². The minimum Gasteiger partial charge on any atom is -0.306 e. The van der Waals surface area contributed by atoms with Crippen molar-refractivity contribution in [2.45, 2.75) is 44.2 Å². The highest BCUT2D eigenvalue weighted by Crippen LogP contribution is 2.35. The quantitative estimate of drug-likeness (QED) is 0.857. The molecule has 0 radical (unpaired) electrons. The Morgan fingerprint density at radius 3 is 2.79 bits per heavy atom. The van der Waals surface area contributed by atoms with Crippen LogP contribution in [0.25, 0.3) is 0 Å². The number of hydrogen-bond donors (Lipinski definition) is 1. The van der Waals surface area contributed by atoms with Gasteiger partial charge in [0.15, 0.2) is 0 Å². The lowest BCUT2D eigenvalue weighted by Crippen LogP contribution is -2.41. The van der Waals surface area contributed by atoms with Crippen LogP contribution in [0.3, 0.4) is 0 Å². The molecule has 0 aromatic heterocycles. The van der Waals surface area contributed by atoms with Gasteiger partial charge in [0.2, 0.25) is 0 Å². The maximum Gasteiger partial charge on any atom is 0.0342 e. The average Bonchev–Trinajstić information content (AvgIpc) is 2.45. The Balaban J connectivity index is 1.96. The zero-order chi connectivity index (χ0) is 13.7. The van der Waals surface area contributed by atoms with Gasteiger partial charge in [-0.15, -0.1) is 11.8 Å². The molecule has 1 heterocycles. The second kappa shape index (κ2) is 7.32. The van der Waals surface area contributed by atoms with Crippen LogP contribution in [0.1, 0.15) is 38.8 Å². The van der Waals surface area contributed by atoms with E-state index in [1.165, 1.54) is 22.6 Å². The number of likely N-dealkylation sites (N-methyl/N-ethyl adjacent to an activating group) is 1. The summed E-state index contributed by atoms with van der Waals surface area (Å²) < 4.78 is 0. The molecule has 19 heavy (non-hydrogen) atoms. The van der Waals surface area contributed by atoms with Gasteiger partial charge in [0.25, 0.3) is 0 Å². The van der Waals surface area contributed by atoms with Crippen molar-refractivity contribution < 1.29 is 0 Å². The summed E-state index contributed by atoms with van der Waals surface area (Å²) in [7, 11) is 0. The normalized spacial score (nSPS) is 20.3. The molecule has 0 aliphatic carbocycles. The highest BCUT2D eigenvalue weighted by atomic mass is 32.2. The molecule has 3 heteroatoms. The van der Waals surface area contributed by atoms with E-state index >= 15 is 0 Å². The molecule has 0 saturated carbocycles. The predicted molar refractivity (Wildman–Crippen MR) is 84.9 cm³/mol. The molecule has 1 N–H and O–H groups in total. The number of rotatable bonds is 6. The molecule has 2 unspecified atom stereocenters. The molecule has 2 nitrogen and oxygen atoms in total.